The maximum absolute atomic E-state index is 6.49. The molecule has 0 saturated carbocycles. The van der Waals surface area contributed by atoms with Crippen LogP contribution in [0.5, 0.6) is 0 Å². The second-order valence-electron chi connectivity index (χ2n) is 13.5. The van der Waals surface area contributed by atoms with Crippen molar-refractivity contribution >= 4 is 33.0 Å². The van der Waals surface area contributed by atoms with Crippen LogP contribution in [0.4, 0.5) is 0 Å². The molecule has 6 heteroatoms. The Morgan fingerprint density at radius 2 is 1.28 bits per heavy atom. The molecule has 0 spiro atoms. The van der Waals surface area contributed by atoms with E-state index in [-0.39, 0.29) is 20.1 Å². The summed E-state index contributed by atoms with van der Waals surface area (Å²) in [4.78, 5) is 14.1. The number of furan rings is 1. The first-order valence-corrected chi connectivity index (χ1v) is 17.7. The topological polar surface area (TPSA) is 56.7 Å². The summed E-state index contributed by atoms with van der Waals surface area (Å²) < 4.78 is 8.72. The van der Waals surface area contributed by atoms with Gasteiger partial charge in [0.25, 0.3) is 0 Å². The van der Waals surface area contributed by atoms with E-state index >= 15 is 0 Å². The Morgan fingerprint density at radius 3 is 1.96 bits per heavy atom. The normalized spacial score (nSPS) is 11.2. The fourth-order valence-electron chi connectivity index (χ4n) is 6.57. The number of hydrogen-bond acceptors (Lipinski definition) is 4. The third kappa shape index (κ3) is 7.21. The number of hydrogen-bond donors (Lipinski definition) is 0. The van der Waals surface area contributed by atoms with E-state index in [2.05, 4.69) is 133 Å². The molecule has 0 aliphatic heterocycles. The molecule has 1 radical (unpaired) electrons. The largest absolute Gasteiger partial charge is 0.501 e. The molecule has 0 bridgehead atoms. The van der Waals surface area contributed by atoms with Crippen molar-refractivity contribution in [3.8, 4) is 39.6 Å². The van der Waals surface area contributed by atoms with E-state index < -0.39 is 0 Å². The fourth-order valence-corrected chi connectivity index (χ4v) is 6.57. The van der Waals surface area contributed by atoms with E-state index in [1.54, 1.807) is 0 Å². The molecule has 0 atom stereocenters. The van der Waals surface area contributed by atoms with Gasteiger partial charge >= 0.3 is 0 Å². The number of fused-ring (bicyclic) bond motifs is 4. The van der Waals surface area contributed by atoms with E-state index in [4.69, 9.17) is 9.40 Å². The molecular formula is C47H38IrN4O-2. The van der Waals surface area contributed by atoms with Gasteiger partial charge in [0.2, 0.25) is 0 Å². The molecule has 53 heavy (non-hydrogen) atoms. The minimum Gasteiger partial charge on any atom is -0.501 e. The van der Waals surface area contributed by atoms with Gasteiger partial charge < -0.3 is 14.4 Å². The van der Waals surface area contributed by atoms with Crippen LogP contribution in [0, 0.1) is 12.1 Å². The summed E-state index contributed by atoms with van der Waals surface area (Å²) in [6.07, 6.45) is 3.73. The van der Waals surface area contributed by atoms with Crippen molar-refractivity contribution < 1.29 is 24.5 Å². The maximum atomic E-state index is 6.49. The van der Waals surface area contributed by atoms with Crippen molar-refractivity contribution in [2.75, 3.05) is 0 Å². The fraction of sp³-hybridized carbons (Fsp3) is 0.128. The Labute approximate surface area is 323 Å². The number of benzene rings is 5. The third-order valence-electron chi connectivity index (χ3n) is 9.40. The van der Waals surface area contributed by atoms with Gasteiger partial charge in [-0.25, -0.2) is 4.98 Å². The summed E-state index contributed by atoms with van der Waals surface area (Å²) in [7, 11) is 0. The molecule has 0 saturated heterocycles. The summed E-state index contributed by atoms with van der Waals surface area (Å²) in [5, 5.41) is 2.10. The van der Waals surface area contributed by atoms with Gasteiger partial charge in [-0.1, -0.05) is 110 Å². The molecule has 9 rings (SSSR count). The Bertz CT molecular complexity index is 2630. The number of imidazole rings is 1. The maximum Gasteiger partial charge on any atom is 0.145 e. The third-order valence-corrected chi connectivity index (χ3v) is 9.40. The van der Waals surface area contributed by atoms with Crippen LogP contribution in [-0.4, -0.2) is 19.5 Å². The molecular weight excluding hydrogens is 829 g/mol. The number of pyridine rings is 2. The Balaban J connectivity index is 0.000000229. The summed E-state index contributed by atoms with van der Waals surface area (Å²) >= 11 is 0. The average Bonchev–Trinajstić information content (AvgIpc) is 3.76. The Kier molecular flexibility index (Phi) is 10.4. The second-order valence-corrected chi connectivity index (χ2v) is 13.5. The van der Waals surface area contributed by atoms with E-state index in [1.807, 2.05) is 67.0 Å². The van der Waals surface area contributed by atoms with Gasteiger partial charge in [-0.2, -0.15) is 0 Å². The molecule has 4 heterocycles. The zero-order valence-electron chi connectivity index (χ0n) is 30.0. The van der Waals surface area contributed by atoms with Crippen molar-refractivity contribution in [2.45, 2.75) is 39.5 Å². The zero-order chi connectivity index (χ0) is 35.6. The first-order chi connectivity index (χ1) is 25.4. The van der Waals surface area contributed by atoms with Crippen LogP contribution in [0.3, 0.4) is 0 Å². The van der Waals surface area contributed by atoms with Crippen molar-refractivity contribution in [2.24, 2.45) is 0 Å². The van der Waals surface area contributed by atoms with Crippen LogP contribution in [0.1, 0.15) is 50.7 Å². The predicted molar refractivity (Wildman–Crippen MR) is 213 cm³/mol. The molecule has 9 aromatic rings. The predicted octanol–water partition coefficient (Wildman–Crippen LogP) is 12.2. The molecule has 263 valence electrons. The summed E-state index contributed by atoms with van der Waals surface area (Å²) in [5.41, 5.74) is 12.0. The van der Waals surface area contributed by atoms with Crippen LogP contribution >= 0.6 is 0 Å². The number of para-hydroxylation sites is 1. The van der Waals surface area contributed by atoms with Crippen molar-refractivity contribution in [1.29, 1.82) is 0 Å². The van der Waals surface area contributed by atoms with Crippen molar-refractivity contribution in [3.05, 3.63) is 169 Å². The molecule has 0 unspecified atom stereocenters. The second kappa shape index (κ2) is 15.5. The minimum atomic E-state index is 0. The SMILES string of the molecule is CC(C)c1ccnc(-c2[c-]ccc3c2oc2cc4nc(-c5ccccc5)n(-c5ccccc5)c4cc23)c1.CC(C)c1ccnc(-c2[c-]cccc2)c1.[Ir]. The van der Waals surface area contributed by atoms with Gasteiger partial charge in [0.05, 0.1) is 16.6 Å². The van der Waals surface area contributed by atoms with Crippen LogP contribution in [0.25, 0.3) is 72.6 Å². The summed E-state index contributed by atoms with van der Waals surface area (Å²) in [6.45, 7) is 8.76. The molecule has 0 aliphatic rings. The van der Waals surface area contributed by atoms with Crippen LogP contribution in [-0.2, 0) is 20.1 Å². The van der Waals surface area contributed by atoms with Gasteiger partial charge in [-0.05, 0) is 53.6 Å². The smallest absolute Gasteiger partial charge is 0.145 e. The Morgan fingerprint density at radius 1 is 0.623 bits per heavy atom. The first-order valence-electron chi connectivity index (χ1n) is 17.7. The molecule has 5 nitrogen and oxygen atoms in total. The van der Waals surface area contributed by atoms with Crippen LogP contribution in [0.15, 0.2) is 150 Å². The van der Waals surface area contributed by atoms with Crippen LogP contribution in [0.2, 0.25) is 0 Å². The van der Waals surface area contributed by atoms with Crippen molar-refractivity contribution in [1.82, 2.24) is 19.5 Å². The van der Waals surface area contributed by atoms with Crippen LogP contribution < -0.4 is 0 Å². The summed E-state index contributed by atoms with van der Waals surface area (Å²) in [6, 6.07) is 51.9. The van der Waals surface area contributed by atoms with E-state index in [0.717, 1.165) is 72.6 Å². The van der Waals surface area contributed by atoms with E-state index in [0.29, 0.717) is 11.8 Å². The monoisotopic (exact) mass is 867 g/mol. The molecule has 0 aliphatic carbocycles. The average molecular weight is 867 g/mol. The van der Waals surface area contributed by atoms with Crippen molar-refractivity contribution in [3.63, 3.8) is 0 Å². The zero-order valence-corrected chi connectivity index (χ0v) is 32.4. The molecule has 4 aromatic heterocycles. The van der Waals surface area contributed by atoms with Gasteiger partial charge in [0.1, 0.15) is 11.4 Å². The summed E-state index contributed by atoms with van der Waals surface area (Å²) in [5.74, 6) is 1.86. The molecule has 0 N–H and O–H groups in total. The number of nitrogens with zero attached hydrogens (tertiary/aromatic N) is 4. The first kappa shape index (κ1) is 35.7. The molecule has 0 amide bonds. The quantitative estimate of drug-likeness (QED) is 0.156. The minimum absolute atomic E-state index is 0. The van der Waals surface area contributed by atoms with Gasteiger partial charge in [-0.3, -0.25) is 4.57 Å². The standard InChI is InChI=1S/C33H24N3O.C14H14N.Ir/c1-21(2)23-16-17-34-28(18-23)26-15-9-14-25-27-19-30-29(20-31(27)37-32(25)26)35-33(22-10-5-3-6-11-22)36(30)24-12-7-4-8-13-24;1-11(2)13-8-9-15-14(10-13)12-6-4-3-5-7-12;/h3-14,16-21H,1-2H3;3-6,8-11H,1-2H3;/q2*-1;. The van der Waals surface area contributed by atoms with Gasteiger partial charge in [0.15, 0.2) is 0 Å². The number of aromatic nitrogens is 4. The molecule has 0 fully saturated rings. The van der Waals surface area contributed by atoms with Gasteiger partial charge in [0, 0.05) is 55.2 Å². The van der Waals surface area contributed by atoms with Gasteiger partial charge in [-0.15, -0.1) is 54.1 Å². The molecule has 5 aromatic carbocycles. The Hall–Kier alpha value is -5.68. The van der Waals surface area contributed by atoms with E-state index in [1.165, 1.54) is 11.1 Å². The number of rotatable bonds is 6. The van der Waals surface area contributed by atoms with E-state index in [9.17, 15) is 0 Å².